The Hall–Kier alpha value is -3.76. The second kappa shape index (κ2) is 14.6. The number of fused-ring (bicyclic) bond motifs is 2. The minimum atomic E-state index is -4.27. The van der Waals surface area contributed by atoms with Crippen molar-refractivity contribution < 1.29 is 22.4 Å². The Kier molecular flexibility index (Phi) is 10.5. The molecule has 4 aromatic rings. The number of nitrogens with zero attached hydrogens (tertiary/aromatic N) is 6. The molecule has 0 spiro atoms. The molecule has 1 amide bonds. The first-order chi connectivity index (χ1) is 23.5. The summed E-state index contributed by atoms with van der Waals surface area (Å²) in [5.41, 5.74) is 4.08. The smallest absolute Gasteiger partial charge is 0.367 e. The molecular weight excluding hydrogens is 655 g/mol. The van der Waals surface area contributed by atoms with E-state index in [2.05, 4.69) is 56.8 Å². The Morgan fingerprint density at radius 3 is 2.49 bits per heavy atom. The lowest BCUT2D eigenvalue weighted by atomic mass is 9.85. The van der Waals surface area contributed by atoms with Gasteiger partial charge < -0.3 is 14.8 Å². The number of anilines is 1. The third-order valence-corrected chi connectivity index (χ3v) is 11.4. The van der Waals surface area contributed by atoms with Gasteiger partial charge in [0.2, 0.25) is 0 Å². The van der Waals surface area contributed by atoms with Crippen molar-refractivity contribution in [2.24, 2.45) is 11.8 Å². The molecule has 0 saturated carbocycles. The summed E-state index contributed by atoms with van der Waals surface area (Å²) in [5, 5.41) is 15.3. The summed E-state index contributed by atoms with van der Waals surface area (Å²) in [6.45, 7) is 9.71. The van der Waals surface area contributed by atoms with Crippen molar-refractivity contribution in [3.05, 3.63) is 51.8 Å². The zero-order valence-electron chi connectivity index (χ0n) is 28.2. The van der Waals surface area contributed by atoms with Gasteiger partial charge in [0.05, 0.1) is 11.8 Å². The normalized spacial score (nSPS) is 17.6. The van der Waals surface area contributed by atoms with E-state index in [0.29, 0.717) is 65.4 Å². The first kappa shape index (κ1) is 35.1. The number of nitrogens with one attached hydrogen (secondary N) is 1. The molecule has 1 N–H and O–H groups in total. The number of aromatic nitrogens is 3. The lowest BCUT2D eigenvalue weighted by molar-refractivity contribution is -0.133. The van der Waals surface area contributed by atoms with Crippen molar-refractivity contribution in [3.63, 3.8) is 0 Å². The van der Waals surface area contributed by atoms with Crippen molar-refractivity contribution in [2.75, 3.05) is 38.2 Å². The molecule has 0 radical (unpaired) electrons. The molecule has 2 aliphatic rings. The van der Waals surface area contributed by atoms with Crippen LogP contribution in [0, 0.1) is 30.1 Å². The number of carbonyl (C=O) groups is 1. The van der Waals surface area contributed by atoms with Crippen molar-refractivity contribution >= 4 is 44.2 Å². The Balaban J connectivity index is 1.09. The zero-order chi connectivity index (χ0) is 34.9. The monoisotopic (exact) mass is 697 g/mol. The summed E-state index contributed by atoms with van der Waals surface area (Å²) < 4.78 is 54.2. The highest BCUT2D eigenvalue weighted by Crippen LogP contribution is 2.35. The molecule has 0 aliphatic carbocycles. The molecule has 49 heavy (non-hydrogen) atoms. The van der Waals surface area contributed by atoms with Crippen LogP contribution in [0.25, 0.3) is 21.1 Å². The van der Waals surface area contributed by atoms with Crippen LogP contribution in [0.5, 0.6) is 0 Å². The maximum atomic E-state index is 13.1. The maximum absolute atomic E-state index is 13.1. The predicted molar refractivity (Wildman–Crippen MR) is 184 cm³/mol. The Morgan fingerprint density at radius 2 is 1.84 bits per heavy atom. The van der Waals surface area contributed by atoms with Crippen LogP contribution in [-0.2, 0) is 30.7 Å². The highest BCUT2D eigenvalue weighted by atomic mass is 32.1. The van der Waals surface area contributed by atoms with Crippen LogP contribution in [0.2, 0.25) is 0 Å². The lowest BCUT2D eigenvalue weighted by Crippen LogP contribution is -2.41. The van der Waals surface area contributed by atoms with E-state index >= 15 is 0 Å². The van der Waals surface area contributed by atoms with Gasteiger partial charge in [0.1, 0.15) is 28.2 Å². The number of piperidine rings is 2. The van der Waals surface area contributed by atoms with Crippen LogP contribution in [0.4, 0.5) is 23.4 Å². The van der Waals surface area contributed by atoms with Gasteiger partial charge in [-0.2, -0.15) is 18.4 Å². The van der Waals surface area contributed by atoms with Gasteiger partial charge in [0.15, 0.2) is 6.67 Å². The molecule has 1 aromatic carbocycles. The van der Waals surface area contributed by atoms with Gasteiger partial charge in [0, 0.05) is 67.5 Å². The number of carbonyl (C=O) groups excluding carboxylic acids is 1. The number of likely N-dealkylation sites (tertiary alicyclic amines) is 2. The minimum Gasteiger partial charge on any atom is -0.367 e. The van der Waals surface area contributed by atoms with Crippen LogP contribution in [0.15, 0.2) is 24.3 Å². The number of halogens is 4. The van der Waals surface area contributed by atoms with E-state index in [-0.39, 0.29) is 10.9 Å². The van der Waals surface area contributed by atoms with E-state index in [1.807, 2.05) is 13.0 Å². The van der Waals surface area contributed by atoms with E-state index in [4.69, 9.17) is 0 Å². The maximum Gasteiger partial charge on any atom is 0.393 e. The fraction of sp³-hybridized carbons (Fsp3) is 0.556. The Labute approximate surface area is 288 Å². The molecule has 2 aliphatic heterocycles. The summed E-state index contributed by atoms with van der Waals surface area (Å²) in [4.78, 5) is 25.8. The molecular formula is C36H43F4N7OS. The van der Waals surface area contributed by atoms with E-state index in [0.717, 1.165) is 67.6 Å². The molecule has 6 rings (SSSR count). The number of nitriles is 1. The minimum absolute atomic E-state index is 0.152. The fourth-order valence-corrected chi connectivity index (χ4v) is 8.54. The van der Waals surface area contributed by atoms with Gasteiger partial charge in [-0.3, -0.25) is 9.69 Å². The predicted octanol–water partition coefficient (Wildman–Crippen LogP) is 7.41. The van der Waals surface area contributed by atoms with Gasteiger partial charge in [-0.25, -0.2) is 14.4 Å². The molecule has 0 bridgehead atoms. The molecule has 8 nitrogen and oxygen atoms in total. The molecule has 0 unspecified atom stereocenters. The average Bonchev–Trinajstić information content (AvgIpc) is 3.66. The molecule has 262 valence electrons. The summed E-state index contributed by atoms with van der Waals surface area (Å²) in [5.74, 6) is 1.51. The van der Waals surface area contributed by atoms with Crippen LogP contribution in [-0.4, -0.2) is 75.3 Å². The molecule has 2 fully saturated rings. The first-order valence-electron chi connectivity index (χ1n) is 17.2. The van der Waals surface area contributed by atoms with E-state index in [9.17, 15) is 27.6 Å². The van der Waals surface area contributed by atoms with Crippen LogP contribution >= 0.6 is 11.3 Å². The second-order valence-electron chi connectivity index (χ2n) is 13.6. The second-order valence-corrected chi connectivity index (χ2v) is 14.7. The number of hydrogen-bond donors (Lipinski definition) is 1. The Morgan fingerprint density at radius 1 is 1.10 bits per heavy atom. The highest BCUT2D eigenvalue weighted by Gasteiger charge is 2.30. The average molecular weight is 698 g/mol. The van der Waals surface area contributed by atoms with Crippen LogP contribution in [0.1, 0.15) is 67.1 Å². The van der Waals surface area contributed by atoms with Crippen molar-refractivity contribution in [1.29, 1.82) is 5.26 Å². The standard InChI is InChI=1S/C36H43F4N7OS/c1-4-32-43-34(30-16-28(17-36(38,39)40)49-35(30)44-32)42-26-9-11-45(12-10-26)21-25-5-6-31-29(23(25)3)15-27(19-41)47(31)20-22(2)24-7-13-46(14-8-24)33(48)18-37/h5-6,15-16,22,24,26H,4,7-14,17-18,20-21H2,1-3H3,(H,42,43,44)/t22-/m0/s1. The number of aryl methyl sites for hydroxylation is 2. The topological polar surface area (TPSA) is 90.1 Å². The van der Waals surface area contributed by atoms with Gasteiger partial charge >= 0.3 is 6.18 Å². The Bertz CT molecular complexity index is 1850. The summed E-state index contributed by atoms with van der Waals surface area (Å²) in [6.07, 6.45) is -1.21. The van der Waals surface area contributed by atoms with E-state index in [1.165, 1.54) is 11.1 Å². The quantitative estimate of drug-likeness (QED) is 0.174. The first-order valence-corrected chi connectivity index (χ1v) is 18.0. The number of benzene rings is 1. The summed E-state index contributed by atoms with van der Waals surface area (Å²) >= 11 is 1.09. The third kappa shape index (κ3) is 7.86. The number of amides is 1. The van der Waals surface area contributed by atoms with Gasteiger partial charge in [-0.05, 0) is 73.8 Å². The molecule has 1 atom stereocenters. The number of rotatable bonds is 10. The number of hydrogen-bond acceptors (Lipinski definition) is 7. The third-order valence-electron chi connectivity index (χ3n) is 10.4. The number of alkyl halides is 4. The molecule has 5 heterocycles. The summed E-state index contributed by atoms with van der Waals surface area (Å²) in [7, 11) is 0. The molecule has 13 heteroatoms. The lowest BCUT2D eigenvalue weighted by Gasteiger charge is -2.35. The number of thiophene rings is 1. The van der Waals surface area contributed by atoms with Gasteiger partial charge in [-0.1, -0.05) is 19.9 Å². The highest BCUT2D eigenvalue weighted by molar-refractivity contribution is 7.18. The summed E-state index contributed by atoms with van der Waals surface area (Å²) in [6, 6.07) is 10.4. The SMILES string of the molecule is CCc1nc(NC2CCN(Cc3ccc4c(cc(C#N)n4C[C@H](C)C4CCN(C(=O)CF)CC4)c3C)CC2)c2cc(CC(F)(F)F)sc2n1. The van der Waals surface area contributed by atoms with Crippen LogP contribution < -0.4 is 5.32 Å². The molecule has 2 saturated heterocycles. The van der Waals surface area contributed by atoms with Gasteiger partial charge in [-0.15, -0.1) is 11.3 Å². The zero-order valence-corrected chi connectivity index (χ0v) is 29.1. The van der Waals surface area contributed by atoms with Gasteiger partial charge in [0.25, 0.3) is 5.91 Å². The molecule has 3 aromatic heterocycles. The van der Waals surface area contributed by atoms with Crippen LogP contribution in [0.3, 0.4) is 0 Å². The fourth-order valence-electron chi connectivity index (χ4n) is 7.46. The van der Waals surface area contributed by atoms with E-state index in [1.54, 1.807) is 11.0 Å². The largest absolute Gasteiger partial charge is 0.393 e. The van der Waals surface area contributed by atoms with Crippen molar-refractivity contribution in [3.8, 4) is 6.07 Å². The van der Waals surface area contributed by atoms with E-state index < -0.39 is 25.2 Å². The van der Waals surface area contributed by atoms with Crippen molar-refractivity contribution in [1.82, 2.24) is 24.3 Å². The van der Waals surface area contributed by atoms with Crippen molar-refractivity contribution in [2.45, 2.75) is 84.6 Å².